The van der Waals surface area contributed by atoms with Gasteiger partial charge in [0.1, 0.15) is 18.1 Å². The highest BCUT2D eigenvalue weighted by Gasteiger charge is 2.24. The number of ether oxygens (including phenoxy) is 2. The van der Waals surface area contributed by atoms with E-state index in [1.54, 1.807) is 29.2 Å². The van der Waals surface area contributed by atoms with Crippen molar-refractivity contribution < 1.29 is 19.1 Å². The molecule has 3 rings (SSSR count). The molecule has 0 bridgehead atoms. The molecule has 190 valence electrons. The summed E-state index contributed by atoms with van der Waals surface area (Å²) in [6.45, 7) is 5.90. The Kier molecular flexibility index (Phi) is 9.07. The number of morpholine rings is 1. The molecule has 2 aromatic rings. The van der Waals surface area contributed by atoms with Gasteiger partial charge in [0.15, 0.2) is 0 Å². The molecule has 0 aliphatic carbocycles. The lowest BCUT2D eigenvalue weighted by molar-refractivity contribution is -0.116. The van der Waals surface area contributed by atoms with Gasteiger partial charge in [-0.15, -0.1) is 0 Å². The van der Waals surface area contributed by atoms with Crippen molar-refractivity contribution in [1.82, 2.24) is 9.13 Å². The van der Waals surface area contributed by atoms with Crippen molar-refractivity contribution >= 4 is 29.1 Å². The second-order valence-electron chi connectivity index (χ2n) is 8.27. The van der Waals surface area contributed by atoms with Crippen LogP contribution in [0.2, 0.25) is 0 Å². The van der Waals surface area contributed by atoms with Gasteiger partial charge in [0.2, 0.25) is 5.91 Å². The molecule has 2 heterocycles. The first-order valence-corrected chi connectivity index (χ1v) is 11.9. The van der Waals surface area contributed by atoms with Crippen molar-refractivity contribution in [1.29, 1.82) is 0 Å². The highest BCUT2D eigenvalue weighted by molar-refractivity contribution is 5.93. The number of anilines is 3. The van der Waals surface area contributed by atoms with E-state index in [4.69, 9.17) is 15.2 Å². The van der Waals surface area contributed by atoms with Crippen LogP contribution in [-0.4, -0.2) is 53.9 Å². The van der Waals surface area contributed by atoms with Gasteiger partial charge in [-0.1, -0.05) is 20.3 Å². The fourth-order valence-corrected chi connectivity index (χ4v) is 3.79. The maximum Gasteiger partial charge on any atom is 0.338 e. The number of nitrogen functional groups attached to an aromatic ring is 1. The van der Waals surface area contributed by atoms with Crippen LogP contribution in [0.25, 0.3) is 0 Å². The fraction of sp³-hybridized carbons (Fsp3) is 0.500. The minimum atomic E-state index is -0.633. The van der Waals surface area contributed by atoms with Crippen molar-refractivity contribution in [2.24, 2.45) is 0 Å². The van der Waals surface area contributed by atoms with E-state index in [2.05, 4.69) is 5.32 Å². The van der Waals surface area contributed by atoms with Crippen LogP contribution < -0.4 is 27.2 Å². The standard InChI is InChI=1S/C24H33N5O6/c1-3-5-13-35-23(32)17-6-8-18(9-7-17)26-19(30)16-29-22(31)20(27-11-14-34-15-12-27)21(25)28(10-4-2)24(29)33/h6-9H,3-5,10-16,25H2,1-2H3,(H,26,30). The summed E-state index contributed by atoms with van der Waals surface area (Å²) in [6, 6.07) is 6.22. The van der Waals surface area contributed by atoms with Crippen molar-refractivity contribution in [2.45, 2.75) is 46.2 Å². The molecule has 1 amide bonds. The van der Waals surface area contributed by atoms with Gasteiger partial charge in [0.25, 0.3) is 5.56 Å². The van der Waals surface area contributed by atoms with Gasteiger partial charge >= 0.3 is 11.7 Å². The second kappa shape index (κ2) is 12.2. The molecule has 1 aromatic heterocycles. The number of hydrogen-bond donors (Lipinski definition) is 2. The van der Waals surface area contributed by atoms with Crippen LogP contribution in [0.15, 0.2) is 33.9 Å². The zero-order valence-corrected chi connectivity index (χ0v) is 20.2. The van der Waals surface area contributed by atoms with Gasteiger partial charge in [0.05, 0.1) is 25.4 Å². The third kappa shape index (κ3) is 6.30. The van der Waals surface area contributed by atoms with E-state index in [0.29, 0.717) is 57.1 Å². The number of unbranched alkanes of at least 4 members (excludes halogenated alkanes) is 1. The van der Waals surface area contributed by atoms with E-state index in [0.717, 1.165) is 17.4 Å². The number of esters is 1. The van der Waals surface area contributed by atoms with Crippen LogP contribution in [0, 0.1) is 0 Å². The molecule has 1 aliphatic heterocycles. The molecular formula is C24H33N5O6. The molecule has 11 heteroatoms. The first kappa shape index (κ1) is 26.0. The molecule has 11 nitrogen and oxygen atoms in total. The normalized spacial score (nSPS) is 13.5. The van der Waals surface area contributed by atoms with Gasteiger partial charge in [-0.2, -0.15) is 0 Å². The molecule has 1 aliphatic rings. The molecule has 0 atom stereocenters. The summed E-state index contributed by atoms with van der Waals surface area (Å²) in [5, 5.41) is 2.66. The molecule has 0 unspecified atom stereocenters. The average molecular weight is 488 g/mol. The maximum atomic E-state index is 13.2. The van der Waals surface area contributed by atoms with Crippen molar-refractivity contribution in [3.63, 3.8) is 0 Å². The lowest BCUT2D eigenvalue weighted by Gasteiger charge is -2.30. The first-order chi connectivity index (χ1) is 16.9. The van der Waals surface area contributed by atoms with E-state index in [-0.39, 0.29) is 11.5 Å². The smallest absolute Gasteiger partial charge is 0.338 e. The largest absolute Gasteiger partial charge is 0.462 e. The number of aromatic nitrogens is 2. The highest BCUT2D eigenvalue weighted by atomic mass is 16.5. The number of carbonyl (C=O) groups is 2. The Balaban J connectivity index is 1.79. The van der Waals surface area contributed by atoms with Crippen LogP contribution in [0.3, 0.4) is 0 Å². The Morgan fingerprint density at radius 2 is 1.74 bits per heavy atom. The summed E-state index contributed by atoms with van der Waals surface area (Å²) in [7, 11) is 0. The summed E-state index contributed by atoms with van der Waals surface area (Å²) in [4.78, 5) is 52.8. The Morgan fingerprint density at radius 3 is 2.37 bits per heavy atom. The lowest BCUT2D eigenvalue weighted by atomic mass is 10.2. The van der Waals surface area contributed by atoms with Crippen LogP contribution in [0.4, 0.5) is 17.2 Å². The van der Waals surface area contributed by atoms with Crippen LogP contribution in [0.1, 0.15) is 43.5 Å². The molecular weight excluding hydrogens is 454 g/mol. The number of amides is 1. The number of hydrogen-bond acceptors (Lipinski definition) is 8. The highest BCUT2D eigenvalue weighted by Crippen LogP contribution is 2.18. The number of benzene rings is 1. The molecule has 0 radical (unpaired) electrons. The summed E-state index contributed by atoms with van der Waals surface area (Å²) >= 11 is 0. The summed E-state index contributed by atoms with van der Waals surface area (Å²) < 4.78 is 12.8. The van der Waals surface area contributed by atoms with Crippen molar-refractivity contribution in [3.05, 3.63) is 50.7 Å². The second-order valence-corrected chi connectivity index (χ2v) is 8.27. The van der Waals surface area contributed by atoms with Crippen LogP contribution in [-0.2, 0) is 27.4 Å². The third-order valence-corrected chi connectivity index (χ3v) is 5.65. The maximum absolute atomic E-state index is 13.2. The lowest BCUT2D eigenvalue weighted by Crippen LogP contribution is -2.48. The Morgan fingerprint density at radius 1 is 1.06 bits per heavy atom. The number of carbonyl (C=O) groups excluding carboxylic acids is 2. The zero-order chi connectivity index (χ0) is 25.4. The van der Waals surface area contributed by atoms with Crippen molar-refractivity contribution in [3.8, 4) is 0 Å². The Bertz CT molecular complexity index is 1150. The van der Waals surface area contributed by atoms with Crippen LogP contribution >= 0.6 is 0 Å². The first-order valence-electron chi connectivity index (χ1n) is 11.9. The SMILES string of the molecule is CCCCOC(=O)c1ccc(NC(=O)Cn2c(=O)c(N3CCOCC3)c(N)n(CCC)c2=O)cc1. The molecule has 1 fully saturated rings. The number of nitrogens with two attached hydrogens (primary N) is 1. The van der Waals surface area contributed by atoms with Gasteiger partial charge in [-0.3, -0.25) is 14.2 Å². The van der Waals surface area contributed by atoms with E-state index >= 15 is 0 Å². The fourth-order valence-electron chi connectivity index (χ4n) is 3.79. The Hall–Kier alpha value is -3.60. The zero-order valence-electron chi connectivity index (χ0n) is 20.2. The van der Waals surface area contributed by atoms with Crippen molar-refractivity contribution in [2.75, 3.05) is 48.9 Å². The number of nitrogens with one attached hydrogen (secondary N) is 1. The van der Waals surface area contributed by atoms with Gasteiger partial charge < -0.3 is 25.4 Å². The molecule has 0 spiro atoms. The van der Waals surface area contributed by atoms with Gasteiger partial charge in [-0.25, -0.2) is 14.2 Å². The quantitative estimate of drug-likeness (QED) is 0.379. The predicted octanol–water partition coefficient (Wildman–Crippen LogP) is 1.43. The predicted molar refractivity (Wildman–Crippen MR) is 133 cm³/mol. The van der Waals surface area contributed by atoms with E-state index < -0.39 is 29.7 Å². The van der Waals surface area contributed by atoms with E-state index in [1.807, 2.05) is 13.8 Å². The van der Waals surface area contributed by atoms with E-state index in [9.17, 15) is 19.2 Å². The minimum absolute atomic E-state index is 0.0989. The molecule has 0 saturated carbocycles. The molecule has 3 N–H and O–H groups in total. The van der Waals surface area contributed by atoms with Gasteiger partial charge in [-0.05, 0) is 37.1 Å². The molecule has 1 saturated heterocycles. The van der Waals surface area contributed by atoms with Crippen LogP contribution in [0.5, 0.6) is 0 Å². The summed E-state index contributed by atoms with van der Waals surface area (Å²) in [5.41, 5.74) is 5.99. The number of nitrogens with zero attached hydrogens (tertiary/aromatic N) is 3. The Labute approximate surface area is 203 Å². The summed E-state index contributed by atoms with van der Waals surface area (Å²) in [5.74, 6) is -0.887. The average Bonchev–Trinajstić information content (AvgIpc) is 2.86. The number of rotatable bonds is 10. The molecule has 35 heavy (non-hydrogen) atoms. The topological polar surface area (TPSA) is 138 Å². The third-order valence-electron chi connectivity index (χ3n) is 5.65. The van der Waals surface area contributed by atoms with Gasteiger partial charge in [0, 0.05) is 25.3 Å². The molecule has 1 aromatic carbocycles. The minimum Gasteiger partial charge on any atom is -0.462 e. The van der Waals surface area contributed by atoms with E-state index in [1.165, 1.54) is 4.57 Å². The monoisotopic (exact) mass is 487 g/mol. The summed E-state index contributed by atoms with van der Waals surface area (Å²) in [6.07, 6.45) is 2.34.